The number of carbonyl (C=O) groups is 2. The predicted molar refractivity (Wildman–Crippen MR) is 82.5 cm³/mol. The molecule has 0 aliphatic heterocycles. The van der Waals surface area contributed by atoms with E-state index in [1.807, 2.05) is 25.1 Å². The Morgan fingerprint density at radius 2 is 2.00 bits per heavy atom. The van der Waals surface area contributed by atoms with Crippen molar-refractivity contribution in [2.24, 2.45) is 0 Å². The van der Waals surface area contributed by atoms with Crippen LogP contribution in [-0.4, -0.2) is 27.0 Å². The minimum Gasteiger partial charge on any atom is -0.478 e. The topological polar surface area (TPSA) is 92.2 Å². The van der Waals surface area contributed by atoms with E-state index in [4.69, 9.17) is 5.11 Å². The number of amides is 1. The van der Waals surface area contributed by atoms with E-state index in [1.165, 1.54) is 18.3 Å². The molecule has 2 rings (SSSR count). The molecule has 6 nitrogen and oxygen atoms in total. The first-order chi connectivity index (χ1) is 10.5. The fourth-order valence-electron chi connectivity index (χ4n) is 1.67. The van der Waals surface area contributed by atoms with Gasteiger partial charge in [-0.25, -0.2) is 9.78 Å². The zero-order valence-electron chi connectivity index (χ0n) is 12.0. The van der Waals surface area contributed by atoms with E-state index in [1.54, 1.807) is 12.3 Å². The summed E-state index contributed by atoms with van der Waals surface area (Å²) in [5, 5.41) is 11.4. The van der Waals surface area contributed by atoms with Crippen molar-refractivity contribution in [1.29, 1.82) is 0 Å². The molecule has 0 aliphatic rings. The van der Waals surface area contributed by atoms with Gasteiger partial charge in [0.2, 0.25) is 5.91 Å². The van der Waals surface area contributed by atoms with Gasteiger partial charge in [0, 0.05) is 24.5 Å². The Kier molecular flexibility index (Phi) is 4.98. The van der Waals surface area contributed by atoms with Gasteiger partial charge >= 0.3 is 5.97 Å². The number of hydrogen-bond acceptors (Lipinski definition) is 4. The van der Waals surface area contributed by atoms with Crippen LogP contribution in [0.4, 0.5) is 5.82 Å². The lowest BCUT2D eigenvalue weighted by Gasteiger charge is -2.02. The fourth-order valence-corrected chi connectivity index (χ4v) is 1.67. The number of aromatic nitrogens is 2. The molecule has 0 bridgehead atoms. The molecule has 112 valence electrons. The van der Waals surface area contributed by atoms with Crippen LogP contribution in [-0.2, 0) is 4.79 Å². The Labute approximate surface area is 127 Å². The van der Waals surface area contributed by atoms with Crippen LogP contribution >= 0.6 is 0 Å². The quantitative estimate of drug-likeness (QED) is 0.884. The van der Waals surface area contributed by atoms with Crippen LogP contribution in [0.25, 0.3) is 6.08 Å². The molecule has 1 amide bonds. The minimum atomic E-state index is -1.06. The summed E-state index contributed by atoms with van der Waals surface area (Å²) in [6.45, 7) is 1.91. The number of hydrogen-bond donors (Lipinski definition) is 2. The standard InChI is InChI=1S/C16H15N3O3/c1-11-5-6-12(9-17-11)3-2-4-15(20)19-14-8-7-13(10-18-14)16(21)22/h2-3,5-10H,4H2,1H3,(H,21,22)(H,18,19,20)/b3-2+. The molecule has 0 radical (unpaired) electrons. The van der Waals surface area contributed by atoms with Gasteiger partial charge in [-0.1, -0.05) is 18.2 Å². The first-order valence-corrected chi connectivity index (χ1v) is 6.63. The van der Waals surface area contributed by atoms with Gasteiger partial charge in [0.05, 0.1) is 5.56 Å². The maximum atomic E-state index is 11.7. The molecule has 0 aliphatic carbocycles. The first kappa shape index (κ1) is 15.4. The van der Waals surface area contributed by atoms with E-state index < -0.39 is 5.97 Å². The first-order valence-electron chi connectivity index (χ1n) is 6.63. The maximum Gasteiger partial charge on any atom is 0.337 e. The summed E-state index contributed by atoms with van der Waals surface area (Å²) in [5.74, 6) is -0.965. The van der Waals surface area contributed by atoms with E-state index in [9.17, 15) is 9.59 Å². The highest BCUT2D eigenvalue weighted by Gasteiger charge is 2.04. The SMILES string of the molecule is Cc1ccc(/C=C/CC(=O)Nc2ccc(C(=O)O)cn2)cn1. The van der Waals surface area contributed by atoms with Crippen molar-refractivity contribution in [3.05, 3.63) is 59.6 Å². The van der Waals surface area contributed by atoms with Crippen molar-refractivity contribution in [2.75, 3.05) is 5.32 Å². The molecule has 0 spiro atoms. The number of aromatic carboxylic acids is 1. The van der Waals surface area contributed by atoms with Crippen LogP contribution in [0.2, 0.25) is 0 Å². The number of pyridine rings is 2. The third kappa shape index (κ3) is 4.52. The van der Waals surface area contributed by atoms with Gasteiger partial charge in [-0.3, -0.25) is 9.78 Å². The van der Waals surface area contributed by atoms with Crippen LogP contribution in [0.3, 0.4) is 0 Å². The van der Waals surface area contributed by atoms with Gasteiger partial charge < -0.3 is 10.4 Å². The van der Waals surface area contributed by atoms with E-state index >= 15 is 0 Å². The van der Waals surface area contributed by atoms with Gasteiger partial charge in [0.25, 0.3) is 0 Å². The molecule has 0 saturated heterocycles. The lowest BCUT2D eigenvalue weighted by atomic mass is 10.2. The number of rotatable bonds is 5. The van der Waals surface area contributed by atoms with Gasteiger partial charge in [-0.15, -0.1) is 0 Å². The molecule has 0 unspecified atom stereocenters. The second-order valence-corrected chi connectivity index (χ2v) is 4.62. The van der Waals surface area contributed by atoms with Crippen molar-refractivity contribution < 1.29 is 14.7 Å². The predicted octanol–water partition coefficient (Wildman–Crippen LogP) is 2.53. The summed E-state index contributed by atoms with van der Waals surface area (Å²) in [6, 6.07) is 6.66. The Balaban J connectivity index is 1.87. The number of carboxylic acids is 1. The number of carbonyl (C=O) groups excluding carboxylic acids is 1. The monoisotopic (exact) mass is 297 g/mol. The van der Waals surface area contributed by atoms with E-state index in [0.29, 0.717) is 5.82 Å². The highest BCUT2D eigenvalue weighted by Crippen LogP contribution is 2.07. The van der Waals surface area contributed by atoms with Crippen LogP contribution in [0.1, 0.15) is 28.0 Å². The Hall–Kier alpha value is -3.02. The smallest absolute Gasteiger partial charge is 0.337 e. The molecule has 2 aromatic heterocycles. The Morgan fingerprint density at radius 3 is 2.59 bits per heavy atom. The number of carboxylic acid groups (broad SMARTS) is 1. The van der Waals surface area contributed by atoms with Crippen LogP contribution in [0, 0.1) is 6.92 Å². The highest BCUT2D eigenvalue weighted by molar-refractivity contribution is 5.92. The molecule has 2 N–H and O–H groups in total. The second-order valence-electron chi connectivity index (χ2n) is 4.62. The van der Waals surface area contributed by atoms with Gasteiger partial charge in [-0.05, 0) is 30.7 Å². The molecule has 0 fully saturated rings. The van der Waals surface area contributed by atoms with Gasteiger partial charge in [0.15, 0.2) is 0 Å². The summed E-state index contributed by atoms with van der Waals surface area (Å²) >= 11 is 0. The molecular weight excluding hydrogens is 282 g/mol. The van der Waals surface area contributed by atoms with Crippen molar-refractivity contribution in [2.45, 2.75) is 13.3 Å². The van der Waals surface area contributed by atoms with E-state index in [0.717, 1.165) is 11.3 Å². The van der Waals surface area contributed by atoms with Crippen molar-refractivity contribution in [3.8, 4) is 0 Å². The van der Waals surface area contributed by atoms with Crippen LogP contribution in [0.5, 0.6) is 0 Å². The maximum absolute atomic E-state index is 11.7. The largest absolute Gasteiger partial charge is 0.478 e. The summed E-state index contributed by atoms with van der Waals surface area (Å²) in [4.78, 5) is 30.5. The Morgan fingerprint density at radius 1 is 1.18 bits per heavy atom. The van der Waals surface area contributed by atoms with E-state index in [-0.39, 0.29) is 17.9 Å². The molecule has 0 atom stereocenters. The fraction of sp³-hybridized carbons (Fsp3) is 0.125. The molecule has 2 heterocycles. The molecule has 6 heteroatoms. The van der Waals surface area contributed by atoms with Crippen molar-refractivity contribution in [3.63, 3.8) is 0 Å². The number of nitrogens with zero attached hydrogens (tertiary/aromatic N) is 2. The Bertz CT molecular complexity index is 692. The number of aryl methyl sites for hydroxylation is 1. The van der Waals surface area contributed by atoms with E-state index in [2.05, 4.69) is 15.3 Å². The lowest BCUT2D eigenvalue weighted by molar-refractivity contribution is -0.115. The molecule has 0 saturated carbocycles. The third-order valence-electron chi connectivity index (χ3n) is 2.83. The molecule has 0 aromatic carbocycles. The zero-order valence-corrected chi connectivity index (χ0v) is 12.0. The summed E-state index contributed by atoms with van der Waals surface area (Å²) in [5.41, 5.74) is 1.93. The second kappa shape index (κ2) is 7.12. The summed E-state index contributed by atoms with van der Waals surface area (Å²) in [6.07, 6.45) is 6.66. The average molecular weight is 297 g/mol. The van der Waals surface area contributed by atoms with Crippen LogP contribution in [0.15, 0.2) is 42.7 Å². The van der Waals surface area contributed by atoms with Gasteiger partial charge in [0.1, 0.15) is 5.82 Å². The zero-order chi connectivity index (χ0) is 15.9. The molecule has 2 aromatic rings. The lowest BCUT2D eigenvalue weighted by Crippen LogP contribution is -2.11. The van der Waals surface area contributed by atoms with Crippen molar-refractivity contribution in [1.82, 2.24) is 9.97 Å². The molecule has 22 heavy (non-hydrogen) atoms. The van der Waals surface area contributed by atoms with Crippen LogP contribution < -0.4 is 5.32 Å². The number of nitrogens with one attached hydrogen (secondary N) is 1. The number of anilines is 1. The normalized spacial score (nSPS) is 10.6. The minimum absolute atomic E-state index is 0.0739. The van der Waals surface area contributed by atoms with Crippen molar-refractivity contribution >= 4 is 23.8 Å². The average Bonchev–Trinajstić information content (AvgIpc) is 2.50. The van der Waals surface area contributed by atoms with Gasteiger partial charge in [-0.2, -0.15) is 0 Å². The molecular formula is C16H15N3O3. The summed E-state index contributed by atoms with van der Waals surface area (Å²) in [7, 11) is 0. The highest BCUT2D eigenvalue weighted by atomic mass is 16.4. The third-order valence-corrected chi connectivity index (χ3v) is 2.83. The summed E-state index contributed by atoms with van der Waals surface area (Å²) < 4.78 is 0.